The molecule has 2 rings (SSSR count). The van der Waals surface area contributed by atoms with Crippen molar-refractivity contribution in [3.05, 3.63) is 35.4 Å². The van der Waals surface area contributed by atoms with E-state index in [2.05, 4.69) is 11.2 Å². The Hall–Kier alpha value is -2.13. The van der Waals surface area contributed by atoms with Gasteiger partial charge in [-0.2, -0.15) is 0 Å². The molecule has 6 heteroatoms. The van der Waals surface area contributed by atoms with E-state index in [1.54, 1.807) is 14.0 Å². The highest BCUT2D eigenvalue weighted by Crippen LogP contribution is 2.30. The summed E-state index contributed by atoms with van der Waals surface area (Å²) in [6, 6.07) is 2.62. The fraction of sp³-hybridized carbons (Fsp3) is 0.438. The Labute approximate surface area is 128 Å². The summed E-state index contributed by atoms with van der Waals surface area (Å²) in [6.45, 7) is 2.17. The number of carbonyl (C=O) groups excluding carboxylic acids is 1. The number of halogens is 2. The van der Waals surface area contributed by atoms with Gasteiger partial charge >= 0.3 is 6.03 Å². The van der Waals surface area contributed by atoms with Gasteiger partial charge in [0.05, 0.1) is 12.1 Å². The SMILES string of the molecule is C#C[C@H](C)N(C)C(=O)N[C@H]1CCO[C@@H]1c1ccc(F)c(F)c1. The van der Waals surface area contributed by atoms with Crippen LogP contribution in [0, 0.1) is 24.0 Å². The Bertz CT molecular complexity index is 600. The zero-order chi connectivity index (χ0) is 16.3. The van der Waals surface area contributed by atoms with Crippen LogP contribution in [0.4, 0.5) is 13.6 Å². The summed E-state index contributed by atoms with van der Waals surface area (Å²) in [5.74, 6) is 0.623. The molecule has 0 aliphatic carbocycles. The van der Waals surface area contributed by atoms with E-state index in [0.717, 1.165) is 12.1 Å². The van der Waals surface area contributed by atoms with Crippen LogP contribution in [0.2, 0.25) is 0 Å². The van der Waals surface area contributed by atoms with Crippen LogP contribution in [-0.2, 0) is 4.74 Å². The van der Waals surface area contributed by atoms with E-state index in [1.165, 1.54) is 11.0 Å². The fourth-order valence-corrected chi connectivity index (χ4v) is 2.30. The van der Waals surface area contributed by atoms with Gasteiger partial charge in [0.15, 0.2) is 11.6 Å². The number of nitrogens with zero attached hydrogens (tertiary/aromatic N) is 1. The summed E-state index contributed by atoms with van der Waals surface area (Å²) >= 11 is 0. The van der Waals surface area contributed by atoms with Gasteiger partial charge < -0.3 is 15.0 Å². The van der Waals surface area contributed by atoms with E-state index in [-0.39, 0.29) is 18.1 Å². The molecule has 1 saturated heterocycles. The summed E-state index contributed by atoms with van der Waals surface area (Å²) in [4.78, 5) is 13.5. The maximum Gasteiger partial charge on any atom is 0.318 e. The lowest BCUT2D eigenvalue weighted by atomic mass is 10.0. The molecule has 1 fully saturated rings. The number of amides is 2. The van der Waals surface area contributed by atoms with Crippen molar-refractivity contribution in [1.82, 2.24) is 10.2 Å². The molecule has 1 aromatic rings. The maximum absolute atomic E-state index is 13.4. The minimum absolute atomic E-state index is 0.315. The van der Waals surface area contributed by atoms with Crippen LogP contribution >= 0.6 is 0 Å². The van der Waals surface area contributed by atoms with E-state index in [9.17, 15) is 13.6 Å². The molecule has 0 radical (unpaired) electrons. The van der Waals surface area contributed by atoms with Gasteiger partial charge in [0.25, 0.3) is 0 Å². The average Bonchev–Trinajstić information content (AvgIpc) is 2.96. The quantitative estimate of drug-likeness (QED) is 0.872. The lowest BCUT2D eigenvalue weighted by Crippen LogP contribution is -2.47. The highest BCUT2D eigenvalue weighted by Gasteiger charge is 2.32. The Morgan fingerprint density at radius 1 is 1.50 bits per heavy atom. The third-order valence-corrected chi connectivity index (χ3v) is 3.82. The first-order valence-corrected chi connectivity index (χ1v) is 7.00. The number of hydrogen-bond acceptors (Lipinski definition) is 2. The summed E-state index contributed by atoms with van der Waals surface area (Å²) < 4.78 is 31.9. The second kappa shape index (κ2) is 6.75. The molecule has 22 heavy (non-hydrogen) atoms. The summed E-state index contributed by atoms with van der Waals surface area (Å²) in [5.41, 5.74) is 0.495. The number of hydrogen-bond donors (Lipinski definition) is 1. The second-order valence-electron chi connectivity index (χ2n) is 5.26. The van der Waals surface area contributed by atoms with E-state index in [4.69, 9.17) is 11.2 Å². The molecule has 0 aromatic heterocycles. The Kier molecular flexibility index (Phi) is 4.99. The van der Waals surface area contributed by atoms with Crippen LogP contribution < -0.4 is 5.32 Å². The number of benzene rings is 1. The van der Waals surface area contributed by atoms with Crippen LogP contribution in [0.3, 0.4) is 0 Å². The number of ether oxygens (including phenoxy) is 1. The van der Waals surface area contributed by atoms with E-state index >= 15 is 0 Å². The average molecular weight is 308 g/mol. The van der Waals surface area contributed by atoms with Crippen LogP contribution in [0.15, 0.2) is 18.2 Å². The smallest absolute Gasteiger partial charge is 0.318 e. The Morgan fingerprint density at radius 2 is 2.23 bits per heavy atom. The van der Waals surface area contributed by atoms with Crippen molar-refractivity contribution in [2.45, 2.75) is 31.5 Å². The topological polar surface area (TPSA) is 41.6 Å². The number of rotatable bonds is 3. The number of terminal acetylenes is 1. The molecule has 1 aromatic carbocycles. The predicted octanol–water partition coefficient (Wildman–Crippen LogP) is 2.46. The number of nitrogens with one attached hydrogen (secondary N) is 1. The molecule has 3 atom stereocenters. The van der Waals surface area contributed by atoms with Crippen LogP contribution in [-0.4, -0.2) is 36.7 Å². The molecule has 2 amide bonds. The monoisotopic (exact) mass is 308 g/mol. The van der Waals surface area contributed by atoms with Gasteiger partial charge in [0.1, 0.15) is 6.10 Å². The van der Waals surface area contributed by atoms with E-state index in [1.807, 2.05) is 0 Å². The van der Waals surface area contributed by atoms with Gasteiger partial charge in [0.2, 0.25) is 0 Å². The third-order valence-electron chi connectivity index (χ3n) is 3.82. The van der Waals surface area contributed by atoms with Crippen LogP contribution in [0.25, 0.3) is 0 Å². The highest BCUT2D eigenvalue weighted by molar-refractivity contribution is 5.75. The van der Waals surface area contributed by atoms with Gasteiger partial charge in [-0.3, -0.25) is 0 Å². The Morgan fingerprint density at radius 3 is 2.86 bits per heavy atom. The van der Waals surface area contributed by atoms with Gasteiger partial charge in [0, 0.05) is 13.7 Å². The summed E-state index contributed by atoms with van der Waals surface area (Å²) in [5, 5.41) is 2.83. The minimum Gasteiger partial charge on any atom is -0.371 e. The molecule has 0 spiro atoms. The van der Waals surface area contributed by atoms with E-state index in [0.29, 0.717) is 18.6 Å². The third kappa shape index (κ3) is 3.37. The molecule has 0 unspecified atom stereocenters. The van der Waals surface area contributed by atoms with Crippen LogP contribution in [0.5, 0.6) is 0 Å². The molecule has 118 valence electrons. The zero-order valence-electron chi connectivity index (χ0n) is 12.5. The normalized spacial score (nSPS) is 22.0. The maximum atomic E-state index is 13.4. The first-order chi connectivity index (χ1) is 10.4. The van der Waals surface area contributed by atoms with Gasteiger partial charge in [-0.25, -0.2) is 13.6 Å². The highest BCUT2D eigenvalue weighted by atomic mass is 19.2. The number of urea groups is 1. The molecular weight excluding hydrogens is 290 g/mol. The predicted molar refractivity (Wildman–Crippen MR) is 78.0 cm³/mol. The first-order valence-electron chi connectivity index (χ1n) is 7.00. The van der Waals surface area contributed by atoms with Crippen molar-refractivity contribution in [3.8, 4) is 12.3 Å². The van der Waals surface area contributed by atoms with Crippen molar-refractivity contribution in [2.75, 3.05) is 13.7 Å². The molecule has 1 aliphatic heterocycles. The molecule has 0 saturated carbocycles. The second-order valence-corrected chi connectivity index (χ2v) is 5.26. The van der Waals surface area contributed by atoms with Gasteiger partial charge in [-0.1, -0.05) is 12.0 Å². The molecule has 1 heterocycles. The van der Waals surface area contributed by atoms with Crippen molar-refractivity contribution >= 4 is 6.03 Å². The Balaban J connectivity index is 2.09. The lowest BCUT2D eigenvalue weighted by Gasteiger charge is -2.26. The van der Waals surface area contributed by atoms with Crippen molar-refractivity contribution in [3.63, 3.8) is 0 Å². The number of carbonyl (C=O) groups is 1. The van der Waals surface area contributed by atoms with Crippen molar-refractivity contribution in [2.24, 2.45) is 0 Å². The van der Waals surface area contributed by atoms with Crippen LogP contribution in [0.1, 0.15) is 25.0 Å². The zero-order valence-corrected chi connectivity index (χ0v) is 12.5. The molecule has 4 nitrogen and oxygen atoms in total. The first kappa shape index (κ1) is 16.2. The van der Waals surface area contributed by atoms with Gasteiger partial charge in [-0.05, 0) is 31.0 Å². The molecule has 1 aliphatic rings. The van der Waals surface area contributed by atoms with Gasteiger partial charge in [-0.15, -0.1) is 6.42 Å². The molecular formula is C16H18F2N2O2. The standard InChI is InChI=1S/C16H18F2N2O2/c1-4-10(2)20(3)16(21)19-14-7-8-22-15(14)11-5-6-12(17)13(18)9-11/h1,5-6,9-10,14-15H,7-8H2,2-3H3,(H,19,21)/t10-,14-,15+/m0/s1. The van der Waals surface area contributed by atoms with Crippen molar-refractivity contribution < 1.29 is 18.3 Å². The summed E-state index contributed by atoms with van der Waals surface area (Å²) in [7, 11) is 1.60. The lowest BCUT2D eigenvalue weighted by molar-refractivity contribution is 0.0979. The fourth-order valence-electron chi connectivity index (χ4n) is 2.30. The van der Waals surface area contributed by atoms with Crippen molar-refractivity contribution in [1.29, 1.82) is 0 Å². The largest absolute Gasteiger partial charge is 0.371 e. The molecule has 1 N–H and O–H groups in total. The summed E-state index contributed by atoms with van der Waals surface area (Å²) in [6.07, 6.45) is 5.38. The van der Waals surface area contributed by atoms with E-state index < -0.39 is 17.7 Å². The molecule has 0 bridgehead atoms. The minimum atomic E-state index is -0.934.